The van der Waals surface area contributed by atoms with Gasteiger partial charge in [-0.2, -0.15) is 0 Å². The molecule has 2 N–H and O–H groups in total. The van der Waals surface area contributed by atoms with Gasteiger partial charge in [0.1, 0.15) is 0 Å². The average Bonchev–Trinajstić information content (AvgIpc) is 3.17. The standard InChI is InChI=1S/C22H26N4O3S2/c1-15-9-8-10-17(13-15)19(27)23-20-24-25-21(30-20)31(28,29)26-16(2)14-22(3,4)18-11-6-5-7-12-18/h5-13,16,26H,14H2,1-4H3,(H,23,24,27)/t16-/m1/s1. The van der Waals surface area contributed by atoms with E-state index in [0.29, 0.717) is 12.0 Å². The molecule has 0 saturated heterocycles. The maximum atomic E-state index is 12.8. The molecule has 1 amide bonds. The SMILES string of the molecule is Cc1cccc(C(=O)Nc2nnc(S(=O)(=O)N[C@H](C)CC(C)(C)c3ccccc3)s2)c1. The lowest BCUT2D eigenvalue weighted by atomic mass is 9.79. The van der Waals surface area contributed by atoms with Crippen LogP contribution in [0.3, 0.4) is 0 Å². The van der Waals surface area contributed by atoms with E-state index < -0.39 is 10.0 Å². The molecule has 0 radical (unpaired) electrons. The number of aromatic nitrogens is 2. The van der Waals surface area contributed by atoms with Crippen LogP contribution in [-0.2, 0) is 15.4 Å². The smallest absolute Gasteiger partial charge is 0.270 e. The largest absolute Gasteiger partial charge is 0.296 e. The zero-order chi connectivity index (χ0) is 22.6. The molecular weight excluding hydrogens is 432 g/mol. The summed E-state index contributed by atoms with van der Waals surface area (Å²) in [5, 5.41) is 10.3. The van der Waals surface area contributed by atoms with Crippen LogP contribution in [0.25, 0.3) is 0 Å². The first-order valence-corrected chi connectivity index (χ1v) is 12.2. The molecule has 7 nitrogen and oxygen atoms in total. The van der Waals surface area contributed by atoms with E-state index in [-0.39, 0.29) is 26.8 Å². The Morgan fingerprint density at radius 3 is 2.48 bits per heavy atom. The maximum absolute atomic E-state index is 12.8. The molecule has 0 aliphatic carbocycles. The van der Waals surface area contributed by atoms with Crippen molar-refractivity contribution in [2.75, 3.05) is 5.32 Å². The third kappa shape index (κ3) is 5.96. The molecule has 164 valence electrons. The fourth-order valence-corrected chi connectivity index (χ4v) is 5.61. The number of hydrogen-bond acceptors (Lipinski definition) is 6. The van der Waals surface area contributed by atoms with Gasteiger partial charge in [-0.1, -0.05) is 73.2 Å². The van der Waals surface area contributed by atoms with E-state index in [4.69, 9.17) is 0 Å². The van der Waals surface area contributed by atoms with Gasteiger partial charge < -0.3 is 0 Å². The lowest BCUT2D eigenvalue weighted by Crippen LogP contribution is -2.37. The van der Waals surface area contributed by atoms with Gasteiger partial charge in [-0.25, -0.2) is 13.1 Å². The Morgan fingerprint density at radius 1 is 1.10 bits per heavy atom. The van der Waals surface area contributed by atoms with Gasteiger partial charge in [-0.3, -0.25) is 10.1 Å². The molecule has 1 aromatic heterocycles. The second-order valence-electron chi connectivity index (χ2n) is 8.17. The molecule has 0 unspecified atom stereocenters. The second kappa shape index (κ2) is 9.25. The molecule has 0 saturated carbocycles. The third-order valence-electron chi connectivity index (χ3n) is 4.87. The fraction of sp³-hybridized carbons (Fsp3) is 0.318. The van der Waals surface area contributed by atoms with E-state index in [1.807, 2.05) is 50.2 Å². The summed E-state index contributed by atoms with van der Waals surface area (Å²) in [5.41, 5.74) is 2.34. The van der Waals surface area contributed by atoms with Crippen LogP contribution in [0.1, 0.15) is 48.7 Å². The van der Waals surface area contributed by atoms with Crippen molar-refractivity contribution in [3.8, 4) is 0 Å². The highest BCUT2D eigenvalue weighted by Crippen LogP contribution is 2.29. The quantitative estimate of drug-likeness (QED) is 0.494. The minimum atomic E-state index is -3.86. The molecule has 0 aliphatic heterocycles. The highest BCUT2D eigenvalue weighted by Gasteiger charge is 2.28. The normalized spacial score (nSPS) is 13.0. The van der Waals surface area contributed by atoms with Crippen LogP contribution in [0, 0.1) is 6.92 Å². The van der Waals surface area contributed by atoms with Crippen LogP contribution in [-0.4, -0.2) is 30.6 Å². The number of nitrogens with zero attached hydrogens (tertiary/aromatic N) is 2. The summed E-state index contributed by atoms with van der Waals surface area (Å²) in [4.78, 5) is 12.4. The highest BCUT2D eigenvalue weighted by molar-refractivity contribution is 7.91. The molecule has 3 aromatic rings. The first-order valence-electron chi connectivity index (χ1n) is 9.86. The van der Waals surface area contributed by atoms with E-state index in [0.717, 1.165) is 22.5 Å². The van der Waals surface area contributed by atoms with E-state index in [1.54, 1.807) is 18.2 Å². The molecule has 2 aromatic carbocycles. The minimum absolute atomic E-state index is 0.129. The van der Waals surface area contributed by atoms with E-state index in [9.17, 15) is 13.2 Å². The number of amides is 1. The van der Waals surface area contributed by atoms with Crippen LogP contribution in [0.5, 0.6) is 0 Å². The molecule has 0 spiro atoms. The Morgan fingerprint density at radius 2 is 1.81 bits per heavy atom. The number of rotatable bonds is 8. The highest BCUT2D eigenvalue weighted by atomic mass is 32.2. The Hall–Kier alpha value is -2.62. The maximum Gasteiger partial charge on any atom is 0.270 e. The lowest BCUT2D eigenvalue weighted by molar-refractivity contribution is 0.102. The van der Waals surface area contributed by atoms with E-state index in [2.05, 4.69) is 34.1 Å². The van der Waals surface area contributed by atoms with Gasteiger partial charge >= 0.3 is 0 Å². The Labute approximate surface area is 187 Å². The van der Waals surface area contributed by atoms with Crippen LogP contribution in [0.2, 0.25) is 0 Å². The first kappa shape index (κ1) is 23.1. The predicted molar refractivity (Wildman–Crippen MR) is 123 cm³/mol. The van der Waals surface area contributed by atoms with Crippen molar-refractivity contribution < 1.29 is 13.2 Å². The zero-order valence-corrected chi connectivity index (χ0v) is 19.5. The van der Waals surface area contributed by atoms with Gasteiger partial charge in [-0.05, 0) is 43.4 Å². The molecule has 3 rings (SSSR count). The van der Waals surface area contributed by atoms with Crippen molar-refractivity contribution in [2.24, 2.45) is 0 Å². The zero-order valence-electron chi connectivity index (χ0n) is 17.9. The number of hydrogen-bond donors (Lipinski definition) is 2. The molecule has 9 heteroatoms. The van der Waals surface area contributed by atoms with Crippen molar-refractivity contribution in [1.29, 1.82) is 0 Å². The summed E-state index contributed by atoms with van der Waals surface area (Å²) in [5.74, 6) is -0.366. The van der Waals surface area contributed by atoms with Gasteiger partial charge in [0.05, 0.1) is 0 Å². The average molecular weight is 459 g/mol. The van der Waals surface area contributed by atoms with Crippen LogP contribution < -0.4 is 10.0 Å². The van der Waals surface area contributed by atoms with Crippen molar-refractivity contribution in [2.45, 2.75) is 49.9 Å². The molecular formula is C22H26N4O3S2. The molecule has 0 fully saturated rings. The van der Waals surface area contributed by atoms with Crippen molar-refractivity contribution in [3.05, 3.63) is 71.3 Å². The summed E-state index contributed by atoms with van der Waals surface area (Å²) < 4.78 is 28.0. The summed E-state index contributed by atoms with van der Waals surface area (Å²) in [6.07, 6.45) is 0.603. The molecule has 1 heterocycles. The topological polar surface area (TPSA) is 101 Å². The minimum Gasteiger partial charge on any atom is -0.296 e. The summed E-state index contributed by atoms with van der Waals surface area (Å²) >= 11 is 0.819. The third-order valence-corrected chi connectivity index (χ3v) is 7.66. The van der Waals surface area contributed by atoms with Crippen molar-refractivity contribution >= 4 is 32.4 Å². The van der Waals surface area contributed by atoms with E-state index >= 15 is 0 Å². The van der Waals surface area contributed by atoms with Gasteiger partial charge in [0.25, 0.3) is 15.9 Å². The second-order valence-corrected chi connectivity index (χ2v) is 11.0. The van der Waals surface area contributed by atoms with Gasteiger partial charge in [0, 0.05) is 11.6 Å². The predicted octanol–water partition coefficient (Wildman–Crippen LogP) is 4.13. The van der Waals surface area contributed by atoms with Crippen molar-refractivity contribution in [3.63, 3.8) is 0 Å². The van der Waals surface area contributed by atoms with Gasteiger partial charge in [0.2, 0.25) is 9.47 Å². The Bertz CT molecular complexity index is 1160. The summed E-state index contributed by atoms with van der Waals surface area (Å²) in [6, 6.07) is 16.7. The fourth-order valence-electron chi connectivity index (χ4n) is 3.45. The van der Waals surface area contributed by atoms with Crippen LogP contribution in [0.15, 0.2) is 58.9 Å². The molecule has 31 heavy (non-hydrogen) atoms. The summed E-state index contributed by atoms with van der Waals surface area (Å²) in [6.45, 7) is 7.87. The lowest BCUT2D eigenvalue weighted by Gasteiger charge is -2.28. The van der Waals surface area contributed by atoms with Gasteiger partial charge in [0.15, 0.2) is 0 Å². The number of carbonyl (C=O) groups is 1. The number of benzene rings is 2. The van der Waals surface area contributed by atoms with Crippen LogP contribution in [0.4, 0.5) is 5.13 Å². The number of anilines is 1. The van der Waals surface area contributed by atoms with E-state index in [1.165, 1.54) is 0 Å². The number of nitrogens with one attached hydrogen (secondary N) is 2. The molecule has 1 atom stereocenters. The number of aryl methyl sites for hydroxylation is 1. The number of carbonyl (C=O) groups excluding carboxylic acids is 1. The Balaban J connectivity index is 1.66. The number of sulfonamides is 1. The monoisotopic (exact) mass is 458 g/mol. The Kier molecular flexibility index (Phi) is 6.88. The molecule has 0 aliphatic rings. The van der Waals surface area contributed by atoms with Gasteiger partial charge in [-0.15, -0.1) is 10.2 Å². The van der Waals surface area contributed by atoms with Crippen molar-refractivity contribution in [1.82, 2.24) is 14.9 Å². The first-order chi connectivity index (χ1) is 14.6. The molecule has 0 bridgehead atoms. The van der Waals surface area contributed by atoms with Crippen LogP contribution >= 0.6 is 11.3 Å². The summed E-state index contributed by atoms with van der Waals surface area (Å²) in [7, 11) is -3.86.